The Labute approximate surface area is 264 Å². The van der Waals surface area contributed by atoms with Gasteiger partial charge in [-0.1, -0.05) is 0 Å². The second kappa shape index (κ2) is 12.1. The number of allylic oxidation sites excluding steroid dienone is 6. The number of alkyl halides is 9. The van der Waals surface area contributed by atoms with Crippen molar-refractivity contribution in [1.29, 1.82) is 15.8 Å². The first-order valence-corrected chi connectivity index (χ1v) is 12.2. The largest absolute Gasteiger partial charge is 0.451 e. The highest BCUT2D eigenvalue weighted by atomic mass is 19.4. The maximum absolute atomic E-state index is 15.1. The predicted octanol–water partition coefficient (Wildman–Crippen LogP) is 7.85. The van der Waals surface area contributed by atoms with Gasteiger partial charge >= 0.3 is 18.5 Å². The molecule has 3 aromatic rings. The maximum atomic E-state index is 15.1. The van der Waals surface area contributed by atoms with E-state index in [9.17, 15) is 81.6 Å². The number of aryl methyl sites for hydroxylation is 1. The highest BCUT2D eigenvalue weighted by molar-refractivity contribution is 6.12. The second-order valence-corrected chi connectivity index (χ2v) is 9.39. The Morgan fingerprint density at radius 1 is 0.460 bits per heavy atom. The summed E-state index contributed by atoms with van der Waals surface area (Å²) in [6.07, 6.45) is -18.8. The number of nitriles is 3. The van der Waals surface area contributed by atoms with Crippen molar-refractivity contribution < 1.29 is 70.2 Å². The van der Waals surface area contributed by atoms with E-state index in [-0.39, 0.29) is 0 Å². The summed E-state index contributed by atoms with van der Waals surface area (Å²) in [5.41, 5.74) is -24.8. The van der Waals surface area contributed by atoms with Gasteiger partial charge in [-0.25, -0.2) is 32.5 Å². The standard InChI is InChI=1S/C27H3F16N7/c1-5-15(28)12(16(29)21(32)47-5)6(2-44)9-10(7(3-45)13-17(30)22(33)50-23(34)18(13)31)11(9)8(4-46)14-19(25(35,36)37)48-24(27(41,42)43)49-20(14)26(38,39)40/h1H3/b9-6-,10-7+,11-8?. The van der Waals surface area contributed by atoms with Crippen LogP contribution in [-0.4, -0.2) is 19.9 Å². The molecule has 3 aromatic heterocycles. The van der Waals surface area contributed by atoms with Crippen molar-refractivity contribution in [3.8, 4) is 18.2 Å². The van der Waals surface area contributed by atoms with Crippen LogP contribution in [-0.2, 0) is 18.5 Å². The number of hydrogen-bond acceptors (Lipinski definition) is 7. The molecule has 0 spiro atoms. The molecule has 0 aliphatic heterocycles. The van der Waals surface area contributed by atoms with E-state index in [1.54, 1.807) is 0 Å². The lowest BCUT2D eigenvalue weighted by atomic mass is 9.98. The Kier molecular flexibility index (Phi) is 8.92. The Bertz CT molecular complexity index is 2050. The third kappa shape index (κ3) is 6.04. The summed E-state index contributed by atoms with van der Waals surface area (Å²) in [7, 11) is 0. The van der Waals surface area contributed by atoms with Gasteiger partial charge in [-0.2, -0.15) is 73.5 Å². The fourth-order valence-corrected chi connectivity index (χ4v) is 4.43. The second-order valence-electron chi connectivity index (χ2n) is 9.39. The van der Waals surface area contributed by atoms with Crippen LogP contribution in [0.15, 0.2) is 16.7 Å². The minimum atomic E-state index is -6.35. The van der Waals surface area contributed by atoms with E-state index >= 15 is 4.39 Å². The first-order chi connectivity index (χ1) is 22.9. The fraction of sp³-hybridized carbons (Fsp3) is 0.148. The summed E-state index contributed by atoms with van der Waals surface area (Å²) >= 11 is 0. The summed E-state index contributed by atoms with van der Waals surface area (Å²) in [6.45, 7) is 0.640. The van der Waals surface area contributed by atoms with Crippen molar-refractivity contribution in [3.63, 3.8) is 0 Å². The van der Waals surface area contributed by atoms with E-state index in [4.69, 9.17) is 0 Å². The molecule has 0 saturated heterocycles. The average Bonchev–Trinajstić information content (AvgIpc) is 3.71. The highest BCUT2D eigenvalue weighted by Crippen LogP contribution is 2.58. The lowest BCUT2D eigenvalue weighted by Gasteiger charge is -2.18. The van der Waals surface area contributed by atoms with Crippen LogP contribution in [0, 0.1) is 82.0 Å². The molecule has 1 aliphatic carbocycles. The van der Waals surface area contributed by atoms with Gasteiger partial charge < -0.3 is 0 Å². The van der Waals surface area contributed by atoms with E-state index in [2.05, 4.69) is 19.9 Å². The molecule has 0 atom stereocenters. The third-order valence-electron chi connectivity index (χ3n) is 6.42. The van der Waals surface area contributed by atoms with Gasteiger partial charge in [-0.3, -0.25) is 0 Å². The molecule has 1 saturated carbocycles. The van der Waals surface area contributed by atoms with E-state index in [0.29, 0.717) is 13.0 Å². The zero-order valence-electron chi connectivity index (χ0n) is 23.2. The molecular formula is C27H3F16N7. The molecule has 7 nitrogen and oxygen atoms in total. The summed E-state index contributed by atoms with van der Waals surface area (Å²) in [5.74, 6) is -19.8. The maximum Gasteiger partial charge on any atom is 0.451 e. The number of nitrogens with zero attached hydrogens (tertiary/aromatic N) is 7. The van der Waals surface area contributed by atoms with Crippen molar-refractivity contribution in [2.75, 3.05) is 0 Å². The zero-order valence-corrected chi connectivity index (χ0v) is 23.2. The van der Waals surface area contributed by atoms with Gasteiger partial charge in [0.25, 0.3) is 11.9 Å². The van der Waals surface area contributed by atoms with Crippen LogP contribution in [0.4, 0.5) is 70.2 Å². The fourth-order valence-electron chi connectivity index (χ4n) is 4.43. The summed E-state index contributed by atoms with van der Waals surface area (Å²) in [4.78, 5) is 9.06. The van der Waals surface area contributed by atoms with Crippen LogP contribution in [0.2, 0.25) is 0 Å². The SMILES string of the molecule is Cc1nc(F)c(F)c(/C(C#N)=C2\C(=C(C#N)c3c(C(F)(F)F)nc(C(F)(F)F)nc3C(F)(F)F)\C2=C(/C#N)c2c(F)c(F)nc(F)c2F)c1F. The van der Waals surface area contributed by atoms with Gasteiger partial charge in [0.2, 0.25) is 11.8 Å². The average molecular weight is 729 g/mol. The Hall–Kier alpha value is -6.05. The molecule has 258 valence electrons. The molecule has 0 N–H and O–H groups in total. The van der Waals surface area contributed by atoms with Crippen LogP contribution in [0.1, 0.15) is 39.6 Å². The summed E-state index contributed by atoms with van der Waals surface area (Å²) in [6, 6.07) is 2.51. The van der Waals surface area contributed by atoms with Gasteiger partial charge in [-0.05, 0) is 6.92 Å². The Morgan fingerprint density at radius 2 is 0.780 bits per heavy atom. The monoisotopic (exact) mass is 729 g/mol. The van der Waals surface area contributed by atoms with Crippen molar-refractivity contribution in [2.24, 2.45) is 0 Å². The Balaban J connectivity index is 2.42. The van der Waals surface area contributed by atoms with Crippen LogP contribution in [0.3, 0.4) is 0 Å². The zero-order chi connectivity index (χ0) is 38.0. The summed E-state index contributed by atoms with van der Waals surface area (Å²) < 4.78 is 226. The van der Waals surface area contributed by atoms with Crippen molar-refractivity contribution in [1.82, 2.24) is 19.9 Å². The van der Waals surface area contributed by atoms with E-state index < -0.39 is 133 Å². The number of hydrogen-bond donors (Lipinski definition) is 0. The van der Waals surface area contributed by atoms with Crippen LogP contribution in [0.25, 0.3) is 16.7 Å². The minimum Gasteiger partial charge on any atom is -0.219 e. The van der Waals surface area contributed by atoms with E-state index in [1.807, 2.05) is 0 Å². The molecular weight excluding hydrogens is 726 g/mol. The molecule has 0 amide bonds. The molecule has 4 rings (SSSR count). The van der Waals surface area contributed by atoms with Crippen LogP contribution >= 0.6 is 0 Å². The number of aromatic nitrogens is 4. The molecule has 23 heteroatoms. The molecule has 1 aliphatic rings. The van der Waals surface area contributed by atoms with Crippen molar-refractivity contribution in [3.05, 3.63) is 97.4 Å². The molecule has 1 fully saturated rings. The van der Waals surface area contributed by atoms with Gasteiger partial charge in [0.15, 0.2) is 34.7 Å². The van der Waals surface area contributed by atoms with Crippen molar-refractivity contribution >= 4 is 16.7 Å². The van der Waals surface area contributed by atoms with Gasteiger partial charge in [0, 0.05) is 16.7 Å². The number of pyridine rings is 2. The van der Waals surface area contributed by atoms with Gasteiger partial charge in [0.05, 0.1) is 39.1 Å². The smallest absolute Gasteiger partial charge is 0.219 e. The summed E-state index contributed by atoms with van der Waals surface area (Å²) in [5, 5.41) is 29.4. The van der Waals surface area contributed by atoms with E-state index in [0.717, 1.165) is 12.1 Å². The predicted molar refractivity (Wildman–Crippen MR) is 128 cm³/mol. The molecule has 0 radical (unpaired) electrons. The van der Waals surface area contributed by atoms with E-state index in [1.165, 1.54) is 0 Å². The first-order valence-electron chi connectivity index (χ1n) is 12.2. The highest BCUT2D eigenvalue weighted by Gasteiger charge is 2.52. The lowest BCUT2D eigenvalue weighted by molar-refractivity contribution is -0.159. The molecule has 0 aromatic carbocycles. The lowest BCUT2D eigenvalue weighted by Crippen LogP contribution is -2.25. The molecule has 0 bridgehead atoms. The number of rotatable bonds is 3. The molecule has 3 heterocycles. The normalized spacial score (nSPS) is 16.4. The van der Waals surface area contributed by atoms with Gasteiger partial charge in [0.1, 0.15) is 18.2 Å². The molecule has 50 heavy (non-hydrogen) atoms. The van der Waals surface area contributed by atoms with Crippen molar-refractivity contribution in [2.45, 2.75) is 25.5 Å². The van der Waals surface area contributed by atoms with Gasteiger partial charge in [-0.15, -0.1) is 0 Å². The first kappa shape index (κ1) is 36.8. The topological polar surface area (TPSA) is 123 Å². The molecule has 0 unspecified atom stereocenters. The number of halogens is 16. The minimum absolute atomic E-state index is 0.640. The van der Waals surface area contributed by atoms with Crippen LogP contribution < -0.4 is 0 Å². The van der Waals surface area contributed by atoms with Crippen LogP contribution in [0.5, 0.6) is 0 Å². The quantitative estimate of drug-likeness (QED) is 0.153. The Morgan fingerprint density at radius 3 is 1.10 bits per heavy atom. The third-order valence-corrected chi connectivity index (χ3v) is 6.42.